The number of para-hydroxylation sites is 2. The minimum atomic E-state index is 0.0566. The fourth-order valence-corrected chi connectivity index (χ4v) is 7.01. The van der Waals surface area contributed by atoms with Crippen LogP contribution < -0.4 is 0 Å². The average Bonchev–Trinajstić information content (AvgIpc) is 3.61. The van der Waals surface area contributed by atoms with E-state index >= 15 is 0 Å². The fraction of sp³-hybridized carbons (Fsp3) is 0.0256. The number of hydrogen-bond donors (Lipinski definition) is 0. The van der Waals surface area contributed by atoms with Crippen molar-refractivity contribution in [2.75, 3.05) is 0 Å². The molecule has 1 atom stereocenters. The van der Waals surface area contributed by atoms with Crippen molar-refractivity contribution in [2.45, 2.75) is 6.04 Å². The molecule has 210 valence electrons. The van der Waals surface area contributed by atoms with Gasteiger partial charge in [-0.3, -0.25) is 4.57 Å². The molecule has 0 spiro atoms. The summed E-state index contributed by atoms with van der Waals surface area (Å²) in [4.78, 5) is 20.2. The van der Waals surface area contributed by atoms with Crippen molar-refractivity contribution in [2.24, 2.45) is 4.99 Å². The Morgan fingerprint density at radius 1 is 0.533 bits per heavy atom. The highest BCUT2D eigenvalue weighted by molar-refractivity contribution is 6.21. The maximum Gasteiger partial charge on any atom is 0.238 e. The molecule has 2 aliphatic rings. The molecule has 0 bridgehead atoms. The summed E-state index contributed by atoms with van der Waals surface area (Å²) in [5.41, 5.74) is 8.42. The van der Waals surface area contributed by atoms with Crippen molar-refractivity contribution in [3.05, 3.63) is 140 Å². The monoisotopic (exact) mass is 576 g/mol. The van der Waals surface area contributed by atoms with E-state index in [1.807, 2.05) is 60.7 Å². The highest BCUT2D eigenvalue weighted by Gasteiger charge is 2.28. The molecule has 8 aromatic rings. The van der Waals surface area contributed by atoms with Gasteiger partial charge >= 0.3 is 0 Å². The molecule has 0 saturated carbocycles. The van der Waals surface area contributed by atoms with Crippen LogP contribution in [0.1, 0.15) is 6.04 Å². The second kappa shape index (κ2) is 9.18. The second-order valence-corrected chi connectivity index (χ2v) is 11.5. The molecule has 45 heavy (non-hydrogen) atoms. The first kappa shape index (κ1) is 24.3. The zero-order chi connectivity index (χ0) is 29.5. The van der Waals surface area contributed by atoms with Gasteiger partial charge < -0.3 is 4.57 Å². The van der Waals surface area contributed by atoms with Gasteiger partial charge in [-0.1, -0.05) is 109 Å². The summed E-state index contributed by atoms with van der Waals surface area (Å²) in [5.74, 6) is 1.87. The van der Waals surface area contributed by atoms with Crippen LogP contribution in [-0.2, 0) is 0 Å². The van der Waals surface area contributed by atoms with E-state index in [0.717, 1.165) is 44.3 Å². The lowest BCUT2D eigenvalue weighted by Crippen LogP contribution is -2.19. The Labute approximate surface area is 258 Å². The number of allylic oxidation sites excluding steroid dienone is 4. The first-order valence-corrected chi connectivity index (χ1v) is 15.1. The summed E-state index contributed by atoms with van der Waals surface area (Å²) in [6.45, 7) is 0. The molecule has 0 amide bonds. The highest BCUT2D eigenvalue weighted by Crippen LogP contribution is 2.44. The van der Waals surface area contributed by atoms with Crippen LogP contribution >= 0.6 is 0 Å². The molecular weight excluding hydrogens is 552 g/mol. The van der Waals surface area contributed by atoms with Gasteiger partial charge in [0.25, 0.3) is 0 Å². The molecule has 0 saturated heterocycles. The van der Waals surface area contributed by atoms with E-state index in [1.54, 1.807) is 0 Å². The van der Waals surface area contributed by atoms with E-state index in [1.165, 1.54) is 21.8 Å². The standard InChI is InChI=1S/C39H24N6/c1-3-12-24(13-4-1)37-41-38(25-14-5-2-6-15-25)43-39(42-37)45-32-20-9-7-16-26(32)28-22-34-29(23-35(28)45)27-17-11-19-31-36(27)44(34)33-21-10-8-18-30(33)40-31/h1-23,33H. The van der Waals surface area contributed by atoms with Gasteiger partial charge in [-0.2, -0.15) is 9.97 Å². The zero-order valence-corrected chi connectivity index (χ0v) is 24.0. The normalized spacial score (nSPS) is 15.3. The van der Waals surface area contributed by atoms with Crippen molar-refractivity contribution in [1.29, 1.82) is 0 Å². The van der Waals surface area contributed by atoms with E-state index in [9.17, 15) is 0 Å². The summed E-state index contributed by atoms with van der Waals surface area (Å²) in [6, 6.07) is 39.9. The molecule has 0 radical (unpaired) electrons. The Morgan fingerprint density at radius 3 is 1.98 bits per heavy atom. The van der Waals surface area contributed by atoms with E-state index in [4.69, 9.17) is 19.9 Å². The smallest absolute Gasteiger partial charge is 0.238 e. The van der Waals surface area contributed by atoms with Crippen LogP contribution in [0, 0.1) is 0 Å². The van der Waals surface area contributed by atoms with Crippen LogP contribution in [-0.4, -0.2) is 29.8 Å². The van der Waals surface area contributed by atoms with Gasteiger partial charge in [0, 0.05) is 32.7 Å². The molecule has 1 aliphatic heterocycles. The van der Waals surface area contributed by atoms with Crippen LogP contribution in [0.3, 0.4) is 0 Å². The molecule has 0 fully saturated rings. The van der Waals surface area contributed by atoms with Crippen molar-refractivity contribution in [3.63, 3.8) is 0 Å². The number of nitrogens with zero attached hydrogens (tertiary/aromatic N) is 6. The van der Waals surface area contributed by atoms with Crippen molar-refractivity contribution < 1.29 is 0 Å². The quantitative estimate of drug-likeness (QED) is 0.211. The van der Waals surface area contributed by atoms with Crippen molar-refractivity contribution in [1.82, 2.24) is 24.1 Å². The van der Waals surface area contributed by atoms with Crippen LogP contribution in [0.25, 0.3) is 72.3 Å². The van der Waals surface area contributed by atoms with Crippen molar-refractivity contribution in [3.8, 4) is 28.7 Å². The molecule has 1 aliphatic carbocycles. The molecule has 5 aromatic carbocycles. The SMILES string of the molecule is C1=CC2=Nc3cccc4c5cc6c(cc5n(c34)C2C=C1)c1ccccc1n6-c1nc(-c2ccccc2)nc(-c2ccccc2)n1. The van der Waals surface area contributed by atoms with Crippen LogP contribution in [0.2, 0.25) is 0 Å². The number of benzene rings is 5. The third kappa shape index (κ3) is 3.50. The van der Waals surface area contributed by atoms with E-state index in [2.05, 4.69) is 88.0 Å². The molecule has 1 unspecified atom stereocenters. The predicted molar refractivity (Wildman–Crippen MR) is 182 cm³/mol. The fourth-order valence-electron chi connectivity index (χ4n) is 7.01. The minimum Gasteiger partial charge on any atom is -0.326 e. The first-order valence-electron chi connectivity index (χ1n) is 15.1. The molecule has 10 rings (SSSR count). The lowest BCUT2D eigenvalue weighted by molar-refractivity contribution is 0.811. The zero-order valence-electron chi connectivity index (χ0n) is 24.0. The molecule has 6 heteroatoms. The summed E-state index contributed by atoms with van der Waals surface area (Å²) in [5, 5.41) is 4.68. The summed E-state index contributed by atoms with van der Waals surface area (Å²) >= 11 is 0. The van der Waals surface area contributed by atoms with E-state index in [-0.39, 0.29) is 6.04 Å². The molecule has 6 nitrogen and oxygen atoms in total. The average molecular weight is 577 g/mol. The summed E-state index contributed by atoms with van der Waals surface area (Å²) in [6.07, 6.45) is 8.55. The largest absolute Gasteiger partial charge is 0.326 e. The van der Waals surface area contributed by atoms with Gasteiger partial charge in [0.1, 0.15) is 0 Å². The third-order valence-electron chi connectivity index (χ3n) is 8.99. The minimum absolute atomic E-state index is 0.0566. The van der Waals surface area contributed by atoms with Crippen molar-refractivity contribution >= 4 is 55.0 Å². The molecule has 3 aromatic heterocycles. The van der Waals surface area contributed by atoms with E-state index < -0.39 is 0 Å². The lowest BCUT2D eigenvalue weighted by Gasteiger charge is -2.24. The lowest BCUT2D eigenvalue weighted by atomic mass is 10.0. The van der Waals surface area contributed by atoms with Gasteiger partial charge in [-0.25, -0.2) is 9.98 Å². The maximum absolute atomic E-state index is 5.11. The Kier molecular flexibility index (Phi) is 4.96. The highest BCUT2D eigenvalue weighted by atomic mass is 15.2. The predicted octanol–water partition coefficient (Wildman–Crippen LogP) is 9.16. The number of aliphatic imine (C=N–C) groups is 1. The van der Waals surface area contributed by atoms with Crippen LogP contribution in [0.15, 0.2) is 145 Å². The number of rotatable bonds is 3. The van der Waals surface area contributed by atoms with Gasteiger partial charge in [0.2, 0.25) is 5.95 Å². The number of aromatic nitrogens is 5. The van der Waals surface area contributed by atoms with E-state index in [0.29, 0.717) is 17.6 Å². The summed E-state index contributed by atoms with van der Waals surface area (Å²) < 4.78 is 4.65. The molecule has 0 N–H and O–H groups in total. The van der Waals surface area contributed by atoms with Gasteiger partial charge in [0.05, 0.1) is 39.5 Å². The maximum atomic E-state index is 5.11. The first-order chi connectivity index (χ1) is 22.3. The second-order valence-electron chi connectivity index (χ2n) is 11.5. The number of hydrogen-bond acceptors (Lipinski definition) is 4. The topological polar surface area (TPSA) is 60.9 Å². The number of fused-ring (bicyclic) bond motifs is 8. The van der Waals surface area contributed by atoms with Crippen LogP contribution in [0.4, 0.5) is 5.69 Å². The molecular formula is C39H24N6. The van der Waals surface area contributed by atoms with Gasteiger partial charge in [-0.15, -0.1) is 0 Å². The molecule has 4 heterocycles. The Balaban J connectivity index is 1.31. The summed E-state index contributed by atoms with van der Waals surface area (Å²) in [7, 11) is 0. The van der Waals surface area contributed by atoms with Gasteiger partial charge in [-0.05, 0) is 30.3 Å². The Morgan fingerprint density at radius 2 is 1.20 bits per heavy atom. The van der Waals surface area contributed by atoms with Gasteiger partial charge in [0.15, 0.2) is 11.6 Å². The Hall–Kier alpha value is -6.14. The van der Waals surface area contributed by atoms with Crippen LogP contribution in [0.5, 0.6) is 0 Å². The third-order valence-corrected chi connectivity index (χ3v) is 8.99. The Bertz CT molecular complexity index is 2530.